The zero-order valence-electron chi connectivity index (χ0n) is 11.5. The van der Waals surface area contributed by atoms with Crippen LogP contribution in [0.25, 0.3) is 0 Å². The molecule has 0 saturated carbocycles. The van der Waals surface area contributed by atoms with Crippen molar-refractivity contribution in [3.05, 3.63) is 18.0 Å². The molecule has 1 aliphatic rings. The smallest absolute Gasteiger partial charge is 0.0522 e. The lowest BCUT2D eigenvalue weighted by atomic mass is 9.99. The molecule has 2 rings (SSSR count). The van der Waals surface area contributed by atoms with Crippen LogP contribution in [0.2, 0.25) is 0 Å². The maximum Gasteiger partial charge on any atom is 0.0522 e. The summed E-state index contributed by atoms with van der Waals surface area (Å²) in [6.45, 7) is 3.26. The average molecular weight is 252 g/mol. The van der Waals surface area contributed by atoms with Crippen LogP contribution >= 0.6 is 0 Å². The minimum atomic E-state index is 0.252. The van der Waals surface area contributed by atoms with Gasteiger partial charge in [-0.2, -0.15) is 5.10 Å². The highest BCUT2D eigenvalue weighted by Gasteiger charge is 2.29. The van der Waals surface area contributed by atoms with Crippen LogP contribution in [0, 0.1) is 0 Å². The first-order chi connectivity index (χ1) is 8.60. The third-order valence-electron chi connectivity index (χ3n) is 3.79. The number of rotatable bonds is 4. The van der Waals surface area contributed by atoms with Crippen molar-refractivity contribution in [2.24, 2.45) is 12.9 Å². The Labute approximate surface area is 109 Å². The van der Waals surface area contributed by atoms with Crippen LogP contribution in [0.3, 0.4) is 0 Å². The van der Waals surface area contributed by atoms with Gasteiger partial charge in [0, 0.05) is 45.0 Å². The van der Waals surface area contributed by atoms with E-state index in [1.165, 1.54) is 5.56 Å². The van der Waals surface area contributed by atoms with E-state index >= 15 is 0 Å². The predicted molar refractivity (Wildman–Crippen MR) is 71.9 cm³/mol. The van der Waals surface area contributed by atoms with E-state index < -0.39 is 0 Å². The van der Waals surface area contributed by atoms with Gasteiger partial charge in [-0.05, 0) is 26.1 Å². The van der Waals surface area contributed by atoms with Crippen LogP contribution in [0.4, 0.5) is 0 Å². The topological polar surface area (TPSA) is 62.3 Å². The summed E-state index contributed by atoms with van der Waals surface area (Å²) in [7, 11) is 6.28. The first-order valence-electron chi connectivity index (χ1n) is 6.42. The van der Waals surface area contributed by atoms with Crippen LogP contribution in [0.1, 0.15) is 5.56 Å². The summed E-state index contributed by atoms with van der Waals surface area (Å²) >= 11 is 0. The van der Waals surface area contributed by atoms with E-state index in [9.17, 15) is 0 Å². The van der Waals surface area contributed by atoms with E-state index in [-0.39, 0.29) is 6.04 Å². The van der Waals surface area contributed by atoms with Crippen LogP contribution in [-0.2, 0) is 13.5 Å². The Hall–Kier alpha value is -0.950. The zero-order valence-corrected chi connectivity index (χ0v) is 11.5. The second-order valence-corrected chi connectivity index (χ2v) is 5.31. The van der Waals surface area contributed by atoms with Gasteiger partial charge in [-0.25, -0.2) is 0 Å². The van der Waals surface area contributed by atoms with Gasteiger partial charge in [0.2, 0.25) is 0 Å². The van der Waals surface area contributed by atoms with Crippen molar-refractivity contribution >= 4 is 0 Å². The Balaban J connectivity index is 2.02. The molecule has 102 valence electrons. The molecular formula is C12H24N6. The fourth-order valence-electron chi connectivity index (χ4n) is 2.62. The van der Waals surface area contributed by atoms with Gasteiger partial charge >= 0.3 is 0 Å². The number of nitrogens with one attached hydrogen (secondary N) is 1. The van der Waals surface area contributed by atoms with Gasteiger partial charge in [0.25, 0.3) is 0 Å². The Morgan fingerprint density at radius 3 is 2.83 bits per heavy atom. The van der Waals surface area contributed by atoms with Crippen molar-refractivity contribution in [2.45, 2.75) is 18.5 Å². The van der Waals surface area contributed by atoms with Crippen molar-refractivity contribution in [3.63, 3.8) is 0 Å². The molecule has 0 spiro atoms. The fraction of sp³-hybridized carbons (Fsp3) is 0.750. The highest BCUT2D eigenvalue weighted by molar-refractivity contribution is 5.08. The molecule has 0 aromatic carbocycles. The second kappa shape index (κ2) is 5.79. The minimum absolute atomic E-state index is 0.252. The minimum Gasteiger partial charge on any atom is -0.303 e. The predicted octanol–water partition coefficient (Wildman–Crippen LogP) is -0.960. The Bertz CT molecular complexity index is 376. The lowest BCUT2D eigenvalue weighted by Gasteiger charge is -2.41. The molecule has 1 saturated heterocycles. The number of aromatic nitrogens is 2. The van der Waals surface area contributed by atoms with Gasteiger partial charge in [0.1, 0.15) is 0 Å². The van der Waals surface area contributed by atoms with Crippen LogP contribution in [-0.4, -0.2) is 65.4 Å². The molecule has 0 radical (unpaired) electrons. The Morgan fingerprint density at radius 2 is 2.22 bits per heavy atom. The van der Waals surface area contributed by atoms with E-state index in [2.05, 4.69) is 40.6 Å². The standard InChI is InChI=1S/C12H24N6/c1-16-4-5-17(2)12(9-16)11(15-13)6-10-7-14-18(3)8-10/h7-8,11-12,15H,4-6,9,13H2,1-3H3. The van der Waals surface area contributed by atoms with Crippen molar-refractivity contribution in [1.82, 2.24) is 25.0 Å². The summed E-state index contributed by atoms with van der Waals surface area (Å²) in [5, 5.41) is 4.21. The number of nitrogens with zero attached hydrogens (tertiary/aromatic N) is 4. The maximum atomic E-state index is 5.74. The number of nitrogens with two attached hydrogens (primary N) is 1. The highest BCUT2D eigenvalue weighted by atomic mass is 15.3. The second-order valence-electron chi connectivity index (χ2n) is 5.31. The normalized spacial score (nSPS) is 24.3. The number of hydrogen-bond donors (Lipinski definition) is 2. The third-order valence-corrected chi connectivity index (χ3v) is 3.79. The molecule has 6 heteroatoms. The van der Waals surface area contributed by atoms with E-state index in [0.29, 0.717) is 6.04 Å². The maximum absolute atomic E-state index is 5.74. The summed E-state index contributed by atoms with van der Waals surface area (Å²) in [6, 6.07) is 0.691. The largest absolute Gasteiger partial charge is 0.303 e. The summed E-state index contributed by atoms with van der Waals surface area (Å²) in [4.78, 5) is 4.75. The summed E-state index contributed by atoms with van der Waals surface area (Å²) in [5.74, 6) is 5.74. The molecule has 1 fully saturated rings. The molecule has 1 aromatic heterocycles. The van der Waals surface area contributed by atoms with Crippen molar-refractivity contribution in [3.8, 4) is 0 Å². The van der Waals surface area contributed by atoms with Gasteiger partial charge in [0.15, 0.2) is 0 Å². The average Bonchev–Trinajstić information content (AvgIpc) is 2.75. The Kier molecular flexibility index (Phi) is 4.34. The van der Waals surface area contributed by atoms with Crippen LogP contribution in [0.5, 0.6) is 0 Å². The summed E-state index contributed by atoms with van der Waals surface area (Å²) in [5.41, 5.74) is 4.20. The number of hydrazine groups is 1. The Morgan fingerprint density at radius 1 is 1.44 bits per heavy atom. The van der Waals surface area contributed by atoms with Crippen molar-refractivity contribution in [2.75, 3.05) is 33.7 Å². The quantitative estimate of drug-likeness (QED) is 0.534. The van der Waals surface area contributed by atoms with Crippen LogP contribution in [0.15, 0.2) is 12.4 Å². The molecule has 0 aliphatic carbocycles. The SMILES string of the molecule is CN1CCN(C)C(C(Cc2cnn(C)c2)NN)C1. The first-order valence-corrected chi connectivity index (χ1v) is 6.42. The summed E-state index contributed by atoms with van der Waals surface area (Å²) in [6.07, 6.45) is 4.88. The first kappa shape index (κ1) is 13.5. The van der Waals surface area contributed by atoms with Gasteiger partial charge < -0.3 is 4.90 Å². The fourth-order valence-corrected chi connectivity index (χ4v) is 2.62. The van der Waals surface area contributed by atoms with Gasteiger partial charge in [-0.1, -0.05) is 0 Å². The molecule has 6 nitrogen and oxygen atoms in total. The number of likely N-dealkylation sites (N-methyl/N-ethyl adjacent to an activating group) is 2. The lowest BCUT2D eigenvalue weighted by Crippen LogP contribution is -2.60. The lowest BCUT2D eigenvalue weighted by molar-refractivity contribution is 0.0877. The monoisotopic (exact) mass is 252 g/mol. The van der Waals surface area contributed by atoms with E-state index in [4.69, 9.17) is 5.84 Å². The molecule has 2 atom stereocenters. The number of hydrogen-bond acceptors (Lipinski definition) is 5. The van der Waals surface area contributed by atoms with Gasteiger partial charge in [0.05, 0.1) is 6.20 Å². The molecule has 1 aliphatic heterocycles. The number of piperazine rings is 1. The van der Waals surface area contributed by atoms with E-state index in [1.54, 1.807) is 0 Å². The molecular weight excluding hydrogens is 228 g/mol. The van der Waals surface area contributed by atoms with Crippen molar-refractivity contribution < 1.29 is 0 Å². The molecule has 1 aromatic rings. The number of aryl methyl sites for hydroxylation is 1. The van der Waals surface area contributed by atoms with Crippen molar-refractivity contribution in [1.29, 1.82) is 0 Å². The third kappa shape index (κ3) is 3.08. The van der Waals surface area contributed by atoms with Crippen LogP contribution < -0.4 is 11.3 Å². The molecule has 3 N–H and O–H groups in total. The molecule has 0 amide bonds. The molecule has 0 bridgehead atoms. The molecule has 2 heterocycles. The highest BCUT2D eigenvalue weighted by Crippen LogP contribution is 2.13. The van der Waals surface area contributed by atoms with Gasteiger partial charge in [-0.15, -0.1) is 0 Å². The van der Waals surface area contributed by atoms with E-state index in [1.807, 2.05) is 17.9 Å². The van der Waals surface area contributed by atoms with E-state index in [0.717, 1.165) is 26.1 Å². The molecule has 2 unspecified atom stereocenters. The zero-order chi connectivity index (χ0) is 13.1. The summed E-state index contributed by atoms with van der Waals surface area (Å²) < 4.78 is 1.83. The van der Waals surface area contributed by atoms with Gasteiger partial charge in [-0.3, -0.25) is 20.9 Å². The molecule has 18 heavy (non-hydrogen) atoms.